The van der Waals surface area contributed by atoms with Crippen molar-refractivity contribution in [2.45, 2.75) is 71.9 Å². The minimum Gasteiger partial charge on any atom is -0.376 e. The average molecular weight is 545 g/mol. The predicted octanol–water partition coefficient (Wildman–Crippen LogP) is 4.58. The van der Waals surface area contributed by atoms with Gasteiger partial charge >= 0.3 is 0 Å². The van der Waals surface area contributed by atoms with Crippen LogP contribution in [0.15, 0.2) is 29.3 Å². The zero-order valence-corrected chi connectivity index (χ0v) is 21.8. The Morgan fingerprint density at radius 1 is 1.03 bits per heavy atom. The number of nitrogens with zero attached hydrogens (tertiary/aromatic N) is 2. The van der Waals surface area contributed by atoms with Gasteiger partial charge in [0.05, 0.1) is 19.3 Å². The van der Waals surface area contributed by atoms with E-state index < -0.39 is 0 Å². The molecular formula is C24H41IN4O2. The van der Waals surface area contributed by atoms with Crippen LogP contribution in [0.1, 0.15) is 75.2 Å². The molecule has 176 valence electrons. The number of benzene rings is 1. The second-order valence-corrected chi connectivity index (χ2v) is 7.78. The smallest absolute Gasteiger partial charge is 0.253 e. The van der Waals surface area contributed by atoms with Crippen molar-refractivity contribution in [3.05, 3.63) is 35.4 Å². The molecule has 0 unspecified atom stereocenters. The summed E-state index contributed by atoms with van der Waals surface area (Å²) in [5.74, 6) is 0.879. The van der Waals surface area contributed by atoms with Crippen LogP contribution in [0.4, 0.5) is 0 Å². The summed E-state index contributed by atoms with van der Waals surface area (Å²) in [6, 6.07) is 7.76. The van der Waals surface area contributed by atoms with E-state index in [0.717, 1.165) is 43.3 Å². The van der Waals surface area contributed by atoms with Crippen molar-refractivity contribution in [3.8, 4) is 0 Å². The lowest BCUT2D eigenvalue weighted by atomic mass is 10.1. The van der Waals surface area contributed by atoms with Crippen LogP contribution in [0.25, 0.3) is 0 Å². The second kappa shape index (κ2) is 16.3. The second-order valence-electron chi connectivity index (χ2n) is 7.78. The van der Waals surface area contributed by atoms with Gasteiger partial charge in [0.15, 0.2) is 5.96 Å². The maximum absolute atomic E-state index is 12.4. The van der Waals surface area contributed by atoms with E-state index in [1.54, 1.807) is 0 Å². The molecule has 0 radical (unpaired) electrons. The summed E-state index contributed by atoms with van der Waals surface area (Å²) >= 11 is 0. The van der Waals surface area contributed by atoms with Gasteiger partial charge in [0.1, 0.15) is 0 Å². The fourth-order valence-corrected chi connectivity index (χ4v) is 3.76. The average Bonchev–Trinajstić information content (AvgIpc) is 3.05. The minimum absolute atomic E-state index is 0. The fourth-order valence-electron chi connectivity index (χ4n) is 3.76. The van der Waals surface area contributed by atoms with Gasteiger partial charge in [0.2, 0.25) is 0 Å². The van der Waals surface area contributed by atoms with Crippen LogP contribution in [0.5, 0.6) is 0 Å². The normalized spacial score (nSPS) is 15.0. The first kappa shape index (κ1) is 27.7. The van der Waals surface area contributed by atoms with Crippen LogP contribution < -0.4 is 10.6 Å². The van der Waals surface area contributed by atoms with Gasteiger partial charge in [-0.2, -0.15) is 0 Å². The Labute approximate surface area is 205 Å². The standard InChI is InChI=1S/C24H40N4O2.HI/c1-4-25-24(26-17-18-30-22-11-9-7-8-10-12-22)27-19-20-13-15-21(16-14-20)23(29)28(5-2)6-3;/h13-16,22H,4-12,17-19H2,1-3H3,(H2,25,26,27);1H. The summed E-state index contributed by atoms with van der Waals surface area (Å²) < 4.78 is 6.05. The van der Waals surface area contributed by atoms with Crippen molar-refractivity contribution >= 4 is 35.8 Å². The van der Waals surface area contributed by atoms with Crippen molar-refractivity contribution in [2.24, 2.45) is 4.99 Å². The van der Waals surface area contributed by atoms with Crippen LogP contribution in [0.3, 0.4) is 0 Å². The van der Waals surface area contributed by atoms with Gasteiger partial charge in [-0.05, 0) is 51.3 Å². The molecule has 6 nitrogen and oxygen atoms in total. The lowest BCUT2D eigenvalue weighted by molar-refractivity contribution is 0.0468. The van der Waals surface area contributed by atoms with Crippen LogP contribution in [0.2, 0.25) is 0 Å². The Kier molecular flexibility index (Phi) is 14.6. The Balaban J connectivity index is 0.00000480. The molecule has 0 aliphatic heterocycles. The number of halogens is 1. The molecule has 2 rings (SSSR count). The number of ether oxygens (including phenoxy) is 1. The molecule has 0 bridgehead atoms. The number of hydrogen-bond acceptors (Lipinski definition) is 3. The van der Waals surface area contributed by atoms with Gasteiger partial charge in [-0.25, -0.2) is 4.99 Å². The molecule has 1 aliphatic carbocycles. The first-order valence-corrected chi connectivity index (χ1v) is 11.7. The van der Waals surface area contributed by atoms with E-state index in [1.165, 1.54) is 38.5 Å². The number of carbonyl (C=O) groups excluding carboxylic acids is 1. The third-order valence-electron chi connectivity index (χ3n) is 5.57. The highest BCUT2D eigenvalue weighted by Gasteiger charge is 2.13. The molecule has 0 aromatic heterocycles. The zero-order valence-electron chi connectivity index (χ0n) is 19.5. The number of guanidine groups is 1. The first-order valence-electron chi connectivity index (χ1n) is 11.7. The predicted molar refractivity (Wildman–Crippen MR) is 139 cm³/mol. The van der Waals surface area contributed by atoms with Crippen LogP contribution in [-0.4, -0.2) is 55.7 Å². The molecule has 1 saturated carbocycles. The van der Waals surface area contributed by atoms with Gasteiger partial charge < -0.3 is 20.3 Å². The van der Waals surface area contributed by atoms with Gasteiger partial charge in [0.25, 0.3) is 5.91 Å². The van der Waals surface area contributed by atoms with Crippen LogP contribution >= 0.6 is 24.0 Å². The van der Waals surface area contributed by atoms with Crippen molar-refractivity contribution < 1.29 is 9.53 Å². The van der Waals surface area contributed by atoms with E-state index in [2.05, 4.69) is 22.5 Å². The van der Waals surface area contributed by atoms with E-state index in [1.807, 2.05) is 43.0 Å². The van der Waals surface area contributed by atoms with E-state index in [9.17, 15) is 4.79 Å². The van der Waals surface area contributed by atoms with E-state index >= 15 is 0 Å². The van der Waals surface area contributed by atoms with Crippen molar-refractivity contribution in [1.29, 1.82) is 0 Å². The summed E-state index contributed by atoms with van der Waals surface area (Å²) in [4.78, 5) is 18.9. The zero-order chi connectivity index (χ0) is 21.6. The van der Waals surface area contributed by atoms with Gasteiger partial charge in [-0.15, -0.1) is 24.0 Å². The molecule has 1 aromatic carbocycles. The van der Waals surface area contributed by atoms with Crippen LogP contribution in [0, 0.1) is 0 Å². The molecule has 0 atom stereocenters. The van der Waals surface area contributed by atoms with Crippen molar-refractivity contribution in [1.82, 2.24) is 15.5 Å². The molecule has 1 fully saturated rings. The van der Waals surface area contributed by atoms with Gasteiger partial charge in [0, 0.05) is 31.7 Å². The molecule has 0 spiro atoms. The Bertz CT molecular complexity index is 639. The molecular weight excluding hydrogens is 503 g/mol. The van der Waals surface area contributed by atoms with E-state index in [4.69, 9.17) is 4.74 Å². The Morgan fingerprint density at radius 2 is 1.68 bits per heavy atom. The highest BCUT2D eigenvalue weighted by Crippen LogP contribution is 2.19. The maximum Gasteiger partial charge on any atom is 0.253 e. The number of amides is 1. The highest BCUT2D eigenvalue weighted by molar-refractivity contribution is 14.0. The number of hydrogen-bond donors (Lipinski definition) is 2. The number of nitrogens with one attached hydrogen (secondary N) is 2. The largest absolute Gasteiger partial charge is 0.376 e. The van der Waals surface area contributed by atoms with E-state index in [-0.39, 0.29) is 29.9 Å². The quantitative estimate of drug-likeness (QED) is 0.149. The monoisotopic (exact) mass is 544 g/mol. The molecule has 0 heterocycles. The SMILES string of the molecule is CCNC(=NCc1ccc(C(=O)N(CC)CC)cc1)NCCOC1CCCCCC1.I. The van der Waals surface area contributed by atoms with Gasteiger partial charge in [-0.3, -0.25) is 4.79 Å². The Morgan fingerprint density at radius 3 is 2.26 bits per heavy atom. The summed E-state index contributed by atoms with van der Waals surface area (Å²) in [5, 5.41) is 6.64. The molecule has 2 N–H and O–H groups in total. The van der Waals surface area contributed by atoms with Crippen LogP contribution in [-0.2, 0) is 11.3 Å². The molecule has 31 heavy (non-hydrogen) atoms. The summed E-state index contributed by atoms with van der Waals surface area (Å²) in [5.41, 5.74) is 1.81. The summed E-state index contributed by atoms with van der Waals surface area (Å²) in [7, 11) is 0. The first-order chi connectivity index (χ1) is 14.7. The Hall–Kier alpha value is -1.35. The summed E-state index contributed by atoms with van der Waals surface area (Å²) in [6.45, 7) is 10.4. The maximum atomic E-state index is 12.4. The molecule has 1 aromatic rings. The third kappa shape index (κ3) is 10.2. The highest BCUT2D eigenvalue weighted by atomic mass is 127. The van der Waals surface area contributed by atoms with Crippen molar-refractivity contribution in [3.63, 3.8) is 0 Å². The van der Waals surface area contributed by atoms with E-state index in [0.29, 0.717) is 19.3 Å². The number of rotatable bonds is 10. The lowest BCUT2D eigenvalue weighted by Gasteiger charge is -2.18. The molecule has 1 aliphatic rings. The third-order valence-corrected chi connectivity index (χ3v) is 5.57. The number of carbonyl (C=O) groups is 1. The topological polar surface area (TPSA) is 66.0 Å². The molecule has 7 heteroatoms. The molecule has 1 amide bonds. The summed E-state index contributed by atoms with van der Waals surface area (Å²) in [6.07, 6.45) is 8.09. The fraction of sp³-hybridized carbons (Fsp3) is 0.667. The van der Waals surface area contributed by atoms with Crippen molar-refractivity contribution in [2.75, 3.05) is 32.8 Å². The molecule has 0 saturated heterocycles. The minimum atomic E-state index is 0. The lowest BCUT2D eigenvalue weighted by Crippen LogP contribution is -2.39. The number of aliphatic imine (C=N–C) groups is 1. The van der Waals surface area contributed by atoms with Gasteiger partial charge in [-0.1, -0.05) is 37.8 Å².